The summed E-state index contributed by atoms with van der Waals surface area (Å²) >= 11 is 6.64. The number of rotatable bonds is 3. The Morgan fingerprint density at radius 2 is 1.80 bits per heavy atom. The monoisotopic (exact) mass is 395 g/mol. The number of amides is 1. The summed E-state index contributed by atoms with van der Waals surface area (Å²) in [5.41, 5.74) is 4.64. The largest absolute Gasteiger partial charge is 0.272 e. The first-order valence-electron chi connectivity index (χ1n) is 5.77. The summed E-state index contributed by atoms with van der Waals surface area (Å²) in [6.45, 7) is 1.84. The molecule has 0 aliphatic heterocycles. The Labute approximate surface area is 133 Å². The number of hydrogen-bond donors (Lipinski definition) is 1. The lowest BCUT2D eigenvalue weighted by atomic mass is 10.1. The van der Waals surface area contributed by atoms with Gasteiger partial charge in [-0.3, -0.25) is 9.78 Å². The average Bonchev–Trinajstić information content (AvgIpc) is 2.45. The molecule has 0 fully saturated rings. The SMILES string of the molecule is CC(=NNC(=O)c1cncc(Br)c1)c1ccc(Br)cc1. The van der Waals surface area contributed by atoms with E-state index in [4.69, 9.17) is 0 Å². The van der Waals surface area contributed by atoms with Crippen LogP contribution in [0.15, 0.2) is 56.8 Å². The Balaban J connectivity index is 2.08. The highest BCUT2D eigenvalue weighted by Crippen LogP contribution is 2.11. The van der Waals surface area contributed by atoms with Crippen molar-refractivity contribution in [1.82, 2.24) is 10.4 Å². The lowest BCUT2D eigenvalue weighted by Crippen LogP contribution is -2.19. The van der Waals surface area contributed by atoms with E-state index < -0.39 is 0 Å². The van der Waals surface area contributed by atoms with Crippen LogP contribution in [0.3, 0.4) is 0 Å². The highest BCUT2D eigenvalue weighted by Gasteiger charge is 2.06. The molecule has 0 saturated carbocycles. The molecule has 2 rings (SSSR count). The van der Waals surface area contributed by atoms with Crippen LogP contribution < -0.4 is 5.43 Å². The van der Waals surface area contributed by atoms with Gasteiger partial charge in [0.2, 0.25) is 0 Å². The van der Waals surface area contributed by atoms with Gasteiger partial charge in [-0.05, 0) is 46.6 Å². The predicted octanol–water partition coefficient (Wildman–Crippen LogP) is 3.76. The first-order valence-corrected chi connectivity index (χ1v) is 7.36. The maximum atomic E-state index is 11.9. The van der Waals surface area contributed by atoms with Gasteiger partial charge in [-0.2, -0.15) is 5.10 Å². The lowest BCUT2D eigenvalue weighted by Gasteiger charge is -2.03. The molecule has 0 bridgehead atoms. The number of aromatic nitrogens is 1. The van der Waals surface area contributed by atoms with Crippen LogP contribution in [-0.4, -0.2) is 16.6 Å². The van der Waals surface area contributed by atoms with Gasteiger partial charge in [0, 0.05) is 21.3 Å². The van der Waals surface area contributed by atoms with E-state index in [1.54, 1.807) is 12.3 Å². The van der Waals surface area contributed by atoms with E-state index in [9.17, 15) is 4.79 Å². The van der Waals surface area contributed by atoms with E-state index in [2.05, 4.69) is 47.4 Å². The van der Waals surface area contributed by atoms with Gasteiger partial charge in [0.25, 0.3) is 5.91 Å². The number of nitrogens with one attached hydrogen (secondary N) is 1. The van der Waals surface area contributed by atoms with Crippen LogP contribution in [0.5, 0.6) is 0 Å². The minimum Gasteiger partial charge on any atom is -0.267 e. The summed E-state index contributed by atoms with van der Waals surface area (Å²) in [4.78, 5) is 15.8. The van der Waals surface area contributed by atoms with Crippen molar-refractivity contribution in [2.75, 3.05) is 0 Å². The number of halogens is 2. The highest BCUT2D eigenvalue weighted by atomic mass is 79.9. The Morgan fingerprint density at radius 1 is 1.10 bits per heavy atom. The van der Waals surface area contributed by atoms with Crippen LogP contribution in [0.25, 0.3) is 0 Å². The zero-order valence-corrected chi connectivity index (χ0v) is 13.8. The minimum atomic E-state index is -0.296. The zero-order valence-electron chi connectivity index (χ0n) is 10.6. The van der Waals surface area contributed by atoms with Gasteiger partial charge >= 0.3 is 0 Å². The van der Waals surface area contributed by atoms with Crippen molar-refractivity contribution < 1.29 is 4.79 Å². The topological polar surface area (TPSA) is 54.4 Å². The fourth-order valence-electron chi connectivity index (χ4n) is 1.49. The van der Waals surface area contributed by atoms with Gasteiger partial charge in [-0.25, -0.2) is 5.43 Å². The second kappa shape index (κ2) is 6.76. The van der Waals surface area contributed by atoms with Gasteiger partial charge in [0.15, 0.2) is 0 Å². The molecule has 4 nitrogen and oxygen atoms in total. The number of benzene rings is 1. The van der Waals surface area contributed by atoms with Gasteiger partial charge in [0.1, 0.15) is 0 Å². The Kier molecular flexibility index (Phi) is 5.03. The van der Waals surface area contributed by atoms with Gasteiger partial charge in [0.05, 0.1) is 11.3 Å². The molecule has 0 radical (unpaired) electrons. The summed E-state index contributed by atoms with van der Waals surface area (Å²) < 4.78 is 1.75. The van der Waals surface area contributed by atoms with Crippen molar-refractivity contribution >= 4 is 43.5 Å². The standard InChI is InChI=1S/C14H11Br2N3O/c1-9(10-2-4-12(15)5-3-10)18-19-14(20)11-6-13(16)8-17-7-11/h2-8H,1H3,(H,19,20). The number of nitrogens with zero attached hydrogens (tertiary/aromatic N) is 2. The second-order valence-corrected chi connectivity index (χ2v) is 5.87. The molecule has 0 aliphatic carbocycles. The van der Waals surface area contributed by atoms with Crippen LogP contribution in [0, 0.1) is 0 Å². The fourth-order valence-corrected chi connectivity index (χ4v) is 2.12. The van der Waals surface area contributed by atoms with Gasteiger partial charge in [-0.15, -0.1) is 0 Å². The molecule has 0 aliphatic rings. The minimum absolute atomic E-state index is 0.296. The maximum Gasteiger partial charge on any atom is 0.272 e. The number of carbonyl (C=O) groups excluding carboxylic acids is 1. The Bertz CT molecular complexity index is 654. The second-order valence-electron chi connectivity index (χ2n) is 4.04. The van der Waals surface area contributed by atoms with Crippen LogP contribution >= 0.6 is 31.9 Å². The number of carbonyl (C=O) groups is 1. The molecule has 1 heterocycles. The van der Waals surface area contributed by atoms with Crippen LogP contribution in [0.2, 0.25) is 0 Å². The molecule has 6 heteroatoms. The smallest absolute Gasteiger partial charge is 0.267 e. The number of pyridine rings is 1. The molecule has 20 heavy (non-hydrogen) atoms. The van der Waals surface area contributed by atoms with Crippen molar-refractivity contribution in [2.45, 2.75) is 6.92 Å². The molecule has 0 saturated heterocycles. The summed E-state index contributed by atoms with van der Waals surface area (Å²) in [7, 11) is 0. The summed E-state index contributed by atoms with van der Waals surface area (Å²) in [6, 6.07) is 9.39. The first kappa shape index (κ1) is 14.9. The summed E-state index contributed by atoms with van der Waals surface area (Å²) in [5, 5.41) is 4.09. The molecular weight excluding hydrogens is 386 g/mol. The molecular formula is C14H11Br2N3O. The van der Waals surface area contributed by atoms with E-state index in [-0.39, 0.29) is 5.91 Å². The van der Waals surface area contributed by atoms with Crippen LogP contribution in [0.1, 0.15) is 22.8 Å². The molecule has 0 unspecified atom stereocenters. The Hall–Kier alpha value is -1.53. The van der Waals surface area contributed by atoms with Crippen LogP contribution in [-0.2, 0) is 0 Å². The third-order valence-electron chi connectivity index (χ3n) is 2.55. The predicted molar refractivity (Wildman–Crippen MR) is 85.8 cm³/mol. The summed E-state index contributed by atoms with van der Waals surface area (Å²) in [6.07, 6.45) is 3.11. The van der Waals surface area contributed by atoms with Crippen molar-refractivity contribution in [2.24, 2.45) is 5.10 Å². The van der Waals surface area contributed by atoms with Crippen molar-refractivity contribution in [3.05, 3.63) is 62.8 Å². The van der Waals surface area contributed by atoms with Crippen LogP contribution in [0.4, 0.5) is 0 Å². The molecule has 1 amide bonds. The van der Waals surface area contributed by atoms with Crippen molar-refractivity contribution in [3.8, 4) is 0 Å². The third-order valence-corrected chi connectivity index (χ3v) is 3.52. The number of hydrogen-bond acceptors (Lipinski definition) is 3. The molecule has 0 atom stereocenters. The third kappa shape index (κ3) is 3.98. The molecule has 1 N–H and O–H groups in total. The van der Waals surface area contributed by atoms with Gasteiger partial charge in [-0.1, -0.05) is 28.1 Å². The van der Waals surface area contributed by atoms with Crippen molar-refractivity contribution in [1.29, 1.82) is 0 Å². The van der Waals surface area contributed by atoms with E-state index >= 15 is 0 Å². The molecule has 2 aromatic rings. The quantitative estimate of drug-likeness (QED) is 0.634. The molecule has 0 spiro atoms. The molecule has 102 valence electrons. The average molecular weight is 397 g/mol. The van der Waals surface area contributed by atoms with E-state index in [0.29, 0.717) is 5.56 Å². The zero-order chi connectivity index (χ0) is 14.5. The summed E-state index contributed by atoms with van der Waals surface area (Å²) in [5.74, 6) is -0.296. The molecule has 1 aromatic heterocycles. The normalized spacial score (nSPS) is 11.2. The lowest BCUT2D eigenvalue weighted by molar-refractivity contribution is 0.0954. The Morgan fingerprint density at radius 3 is 2.45 bits per heavy atom. The van der Waals surface area contributed by atoms with Gasteiger partial charge < -0.3 is 0 Å². The first-order chi connectivity index (χ1) is 9.56. The van der Waals surface area contributed by atoms with E-state index in [0.717, 1.165) is 20.2 Å². The highest BCUT2D eigenvalue weighted by molar-refractivity contribution is 9.10. The van der Waals surface area contributed by atoms with Crippen molar-refractivity contribution in [3.63, 3.8) is 0 Å². The van der Waals surface area contributed by atoms with E-state index in [1.807, 2.05) is 31.2 Å². The van der Waals surface area contributed by atoms with E-state index in [1.165, 1.54) is 6.20 Å². The molecule has 1 aromatic carbocycles. The number of hydrazone groups is 1. The fraction of sp³-hybridized carbons (Fsp3) is 0.0714. The maximum absolute atomic E-state index is 11.9.